The summed E-state index contributed by atoms with van der Waals surface area (Å²) in [7, 11) is 0. The van der Waals surface area contributed by atoms with E-state index in [4.69, 9.17) is 44.1 Å². The van der Waals surface area contributed by atoms with Crippen LogP contribution in [0.3, 0.4) is 0 Å². The first-order valence-electron chi connectivity index (χ1n) is 6.70. The molecule has 0 saturated carbocycles. The summed E-state index contributed by atoms with van der Waals surface area (Å²) in [4.78, 5) is 4.08. The predicted molar refractivity (Wildman–Crippen MR) is 89.7 cm³/mol. The van der Waals surface area contributed by atoms with Crippen LogP contribution in [0, 0.1) is 0 Å². The van der Waals surface area contributed by atoms with E-state index in [-0.39, 0.29) is 5.89 Å². The summed E-state index contributed by atoms with van der Waals surface area (Å²) in [5, 5.41) is 3.82. The van der Waals surface area contributed by atoms with Crippen LogP contribution in [0.2, 0.25) is 0 Å². The fourth-order valence-corrected chi connectivity index (χ4v) is 2.15. The molecule has 0 aliphatic carbocycles. The van der Waals surface area contributed by atoms with Crippen LogP contribution in [0.5, 0.6) is 5.75 Å². The summed E-state index contributed by atoms with van der Waals surface area (Å²) in [5.41, 5.74) is 1.79. The molecule has 1 heterocycles. The minimum atomic E-state index is -1.74. The van der Waals surface area contributed by atoms with Crippen molar-refractivity contribution in [2.75, 3.05) is 0 Å². The van der Waals surface area contributed by atoms with Gasteiger partial charge in [0.05, 0.1) is 0 Å². The normalized spacial score (nSPS) is 11.4. The van der Waals surface area contributed by atoms with E-state index >= 15 is 0 Å². The summed E-state index contributed by atoms with van der Waals surface area (Å²) in [5.74, 6) is 0.941. The van der Waals surface area contributed by atoms with Crippen molar-refractivity contribution in [2.45, 2.75) is 10.4 Å². The average Bonchev–Trinajstić information content (AvgIpc) is 3.05. The predicted octanol–water partition coefficient (Wildman–Crippen LogP) is 5.14. The number of nitrogens with zero attached hydrogens (tertiary/aromatic N) is 2. The molecular weight excluding hydrogens is 359 g/mol. The van der Waals surface area contributed by atoms with E-state index in [0.29, 0.717) is 23.7 Å². The third-order valence-corrected chi connectivity index (χ3v) is 3.49. The Morgan fingerprint density at radius 2 is 1.78 bits per heavy atom. The quantitative estimate of drug-likeness (QED) is 0.597. The van der Waals surface area contributed by atoms with Crippen molar-refractivity contribution in [1.82, 2.24) is 10.1 Å². The fraction of sp³-hybridized carbons (Fsp3) is 0.125. The summed E-state index contributed by atoms with van der Waals surface area (Å²) >= 11 is 17.2. The third kappa shape index (κ3) is 4.16. The van der Waals surface area contributed by atoms with Crippen LogP contribution < -0.4 is 4.74 Å². The van der Waals surface area contributed by atoms with Crippen molar-refractivity contribution in [3.05, 3.63) is 66.1 Å². The van der Waals surface area contributed by atoms with E-state index in [2.05, 4.69) is 10.1 Å². The Hall–Kier alpha value is -1.75. The first-order chi connectivity index (χ1) is 11.0. The van der Waals surface area contributed by atoms with Gasteiger partial charge in [-0.15, -0.1) is 0 Å². The minimum Gasteiger partial charge on any atom is -0.489 e. The second-order valence-corrected chi connectivity index (χ2v) is 7.00. The van der Waals surface area contributed by atoms with Crippen LogP contribution in [0.15, 0.2) is 59.1 Å². The molecule has 0 spiro atoms. The van der Waals surface area contributed by atoms with Crippen LogP contribution in [0.4, 0.5) is 0 Å². The van der Waals surface area contributed by atoms with Gasteiger partial charge in [0.2, 0.25) is 5.82 Å². The Labute approximate surface area is 147 Å². The molecule has 0 amide bonds. The van der Waals surface area contributed by atoms with Crippen LogP contribution in [0.25, 0.3) is 11.4 Å². The van der Waals surface area contributed by atoms with Gasteiger partial charge >= 0.3 is 0 Å². The van der Waals surface area contributed by atoms with E-state index in [1.54, 1.807) is 6.07 Å². The maximum absolute atomic E-state index is 5.76. The zero-order valence-electron chi connectivity index (χ0n) is 11.7. The standard InChI is InChI=1S/C16H11Cl3N2O2/c17-16(18,19)15-20-14(21-23-15)12-7-4-8-13(9-12)22-10-11-5-2-1-3-6-11/h1-9H,10H2. The topological polar surface area (TPSA) is 48.2 Å². The fourth-order valence-electron chi connectivity index (χ4n) is 1.92. The van der Waals surface area contributed by atoms with E-state index in [9.17, 15) is 0 Å². The molecule has 0 atom stereocenters. The summed E-state index contributed by atoms with van der Waals surface area (Å²) < 4.78 is 8.98. The molecule has 7 heteroatoms. The van der Waals surface area contributed by atoms with Crippen molar-refractivity contribution in [2.24, 2.45) is 0 Å². The van der Waals surface area contributed by atoms with E-state index in [0.717, 1.165) is 5.56 Å². The zero-order chi connectivity index (χ0) is 16.3. The van der Waals surface area contributed by atoms with Crippen LogP contribution in [-0.4, -0.2) is 10.1 Å². The summed E-state index contributed by atoms with van der Waals surface area (Å²) in [6.07, 6.45) is 0. The van der Waals surface area contributed by atoms with Gasteiger partial charge in [-0.05, 0) is 17.7 Å². The number of rotatable bonds is 4. The highest BCUT2D eigenvalue weighted by molar-refractivity contribution is 6.66. The molecule has 23 heavy (non-hydrogen) atoms. The van der Waals surface area contributed by atoms with Crippen molar-refractivity contribution in [3.8, 4) is 17.1 Å². The highest BCUT2D eigenvalue weighted by Gasteiger charge is 2.30. The zero-order valence-corrected chi connectivity index (χ0v) is 14.0. The van der Waals surface area contributed by atoms with Gasteiger partial charge in [0.1, 0.15) is 12.4 Å². The van der Waals surface area contributed by atoms with Crippen molar-refractivity contribution in [3.63, 3.8) is 0 Å². The average molecular weight is 370 g/mol. The van der Waals surface area contributed by atoms with Crippen LogP contribution >= 0.6 is 34.8 Å². The molecular formula is C16H11Cl3N2O2. The molecule has 4 nitrogen and oxygen atoms in total. The highest BCUT2D eigenvalue weighted by atomic mass is 35.6. The van der Waals surface area contributed by atoms with Gasteiger partial charge in [-0.3, -0.25) is 0 Å². The van der Waals surface area contributed by atoms with Gasteiger partial charge in [0.15, 0.2) is 0 Å². The maximum atomic E-state index is 5.76. The molecule has 3 rings (SSSR count). The van der Waals surface area contributed by atoms with E-state index in [1.807, 2.05) is 48.5 Å². The highest BCUT2D eigenvalue weighted by Crippen LogP contribution is 2.37. The second kappa shape index (κ2) is 6.79. The number of hydrogen-bond donors (Lipinski definition) is 0. The minimum absolute atomic E-state index is 0.0758. The Bertz CT molecular complexity index is 785. The lowest BCUT2D eigenvalue weighted by Gasteiger charge is -2.07. The first-order valence-corrected chi connectivity index (χ1v) is 7.84. The molecule has 3 aromatic rings. The molecule has 0 bridgehead atoms. The number of benzene rings is 2. The Balaban J connectivity index is 1.76. The number of hydrogen-bond acceptors (Lipinski definition) is 4. The van der Waals surface area contributed by atoms with E-state index in [1.165, 1.54) is 0 Å². The molecule has 118 valence electrons. The molecule has 0 radical (unpaired) electrons. The molecule has 0 aliphatic rings. The molecule has 0 aliphatic heterocycles. The molecule has 0 unspecified atom stereocenters. The number of halogens is 3. The number of aromatic nitrogens is 2. The Morgan fingerprint density at radius 3 is 2.48 bits per heavy atom. The molecule has 2 aromatic carbocycles. The Kier molecular flexibility index (Phi) is 4.76. The molecule has 0 N–H and O–H groups in total. The smallest absolute Gasteiger partial charge is 0.279 e. The van der Waals surface area contributed by atoms with Gasteiger partial charge in [-0.2, -0.15) is 4.98 Å². The van der Waals surface area contributed by atoms with Gasteiger partial charge in [0, 0.05) is 5.56 Å². The summed E-state index contributed by atoms with van der Waals surface area (Å²) in [6, 6.07) is 17.2. The van der Waals surface area contributed by atoms with E-state index < -0.39 is 3.79 Å². The number of alkyl halides is 3. The van der Waals surface area contributed by atoms with Gasteiger partial charge < -0.3 is 9.26 Å². The number of ether oxygens (including phenoxy) is 1. The van der Waals surface area contributed by atoms with Crippen molar-refractivity contribution in [1.29, 1.82) is 0 Å². The van der Waals surface area contributed by atoms with Gasteiger partial charge in [-0.1, -0.05) is 82.4 Å². The van der Waals surface area contributed by atoms with Gasteiger partial charge in [0.25, 0.3) is 9.68 Å². The van der Waals surface area contributed by atoms with Gasteiger partial charge in [-0.25, -0.2) is 0 Å². The van der Waals surface area contributed by atoms with Crippen molar-refractivity contribution >= 4 is 34.8 Å². The lowest BCUT2D eigenvalue weighted by atomic mass is 10.2. The maximum Gasteiger partial charge on any atom is 0.279 e. The molecule has 0 saturated heterocycles. The largest absolute Gasteiger partial charge is 0.489 e. The molecule has 0 fully saturated rings. The monoisotopic (exact) mass is 368 g/mol. The molecule has 1 aromatic heterocycles. The van der Waals surface area contributed by atoms with Crippen molar-refractivity contribution < 1.29 is 9.26 Å². The SMILES string of the molecule is ClC(Cl)(Cl)c1nc(-c2cccc(OCc3ccccc3)c2)no1. The summed E-state index contributed by atoms with van der Waals surface area (Å²) in [6.45, 7) is 0.468. The Morgan fingerprint density at radius 1 is 1.00 bits per heavy atom. The van der Waals surface area contributed by atoms with Crippen LogP contribution in [0.1, 0.15) is 11.5 Å². The lowest BCUT2D eigenvalue weighted by molar-refractivity contribution is 0.306. The lowest BCUT2D eigenvalue weighted by Crippen LogP contribution is -1.99. The van der Waals surface area contributed by atoms with Crippen LogP contribution in [-0.2, 0) is 10.4 Å². The third-order valence-electron chi connectivity index (χ3n) is 3.01. The first kappa shape index (κ1) is 16.1. The second-order valence-electron chi connectivity index (χ2n) is 4.72.